The molecule has 0 amide bonds. The van der Waals surface area contributed by atoms with E-state index >= 15 is 0 Å². The first-order valence-corrected chi connectivity index (χ1v) is 5.17. The maximum absolute atomic E-state index is 13.3. The van der Waals surface area contributed by atoms with Crippen molar-refractivity contribution in [3.05, 3.63) is 35.6 Å². The van der Waals surface area contributed by atoms with Gasteiger partial charge in [0.2, 0.25) is 5.82 Å². The SMILES string of the molecule is CC(C)NCc1coc2c(F)c(F)ccc12. The molecule has 16 heavy (non-hydrogen) atoms. The summed E-state index contributed by atoms with van der Waals surface area (Å²) in [6.07, 6.45) is 1.46. The molecule has 2 nitrogen and oxygen atoms in total. The molecule has 0 aliphatic rings. The highest BCUT2D eigenvalue weighted by Crippen LogP contribution is 2.25. The van der Waals surface area contributed by atoms with Gasteiger partial charge in [-0.05, 0) is 12.1 Å². The van der Waals surface area contributed by atoms with Gasteiger partial charge in [0.15, 0.2) is 11.4 Å². The van der Waals surface area contributed by atoms with E-state index in [-0.39, 0.29) is 5.58 Å². The summed E-state index contributed by atoms with van der Waals surface area (Å²) in [5.41, 5.74) is 0.822. The molecule has 1 heterocycles. The third-order valence-electron chi connectivity index (χ3n) is 2.42. The van der Waals surface area contributed by atoms with Crippen LogP contribution in [0.1, 0.15) is 19.4 Å². The Morgan fingerprint density at radius 1 is 1.31 bits per heavy atom. The minimum absolute atomic E-state index is 0.0134. The molecule has 4 heteroatoms. The summed E-state index contributed by atoms with van der Waals surface area (Å²) >= 11 is 0. The van der Waals surface area contributed by atoms with Crippen molar-refractivity contribution in [3.8, 4) is 0 Å². The highest BCUT2D eigenvalue weighted by Gasteiger charge is 2.13. The molecule has 0 radical (unpaired) electrons. The summed E-state index contributed by atoms with van der Waals surface area (Å²) in [6.45, 7) is 4.61. The van der Waals surface area contributed by atoms with Gasteiger partial charge in [-0.15, -0.1) is 0 Å². The second-order valence-electron chi connectivity index (χ2n) is 4.03. The van der Waals surface area contributed by atoms with Crippen LogP contribution in [-0.4, -0.2) is 6.04 Å². The Morgan fingerprint density at radius 2 is 2.06 bits per heavy atom. The van der Waals surface area contributed by atoms with Crippen molar-refractivity contribution < 1.29 is 13.2 Å². The zero-order chi connectivity index (χ0) is 11.7. The van der Waals surface area contributed by atoms with Crippen molar-refractivity contribution in [2.24, 2.45) is 0 Å². The first-order chi connectivity index (χ1) is 7.59. The molecule has 0 atom stereocenters. The molecule has 0 fully saturated rings. The van der Waals surface area contributed by atoms with Crippen LogP contribution in [0.4, 0.5) is 8.78 Å². The lowest BCUT2D eigenvalue weighted by molar-refractivity contribution is 0.491. The van der Waals surface area contributed by atoms with Gasteiger partial charge in [0.05, 0.1) is 6.26 Å². The number of benzene rings is 1. The van der Waals surface area contributed by atoms with Crippen LogP contribution >= 0.6 is 0 Å². The second-order valence-corrected chi connectivity index (χ2v) is 4.03. The van der Waals surface area contributed by atoms with Crippen LogP contribution < -0.4 is 5.32 Å². The average molecular weight is 225 g/mol. The molecule has 1 aromatic carbocycles. The number of furan rings is 1. The van der Waals surface area contributed by atoms with Gasteiger partial charge in [-0.2, -0.15) is 4.39 Å². The van der Waals surface area contributed by atoms with Crippen LogP contribution in [0.5, 0.6) is 0 Å². The number of fused-ring (bicyclic) bond motifs is 1. The lowest BCUT2D eigenvalue weighted by Crippen LogP contribution is -2.21. The van der Waals surface area contributed by atoms with E-state index in [1.165, 1.54) is 12.3 Å². The van der Waals surface area contributed by atoms with Gasteiger partial charge in [0, 0.05) is 23.5 Å². The Morgan fingerprint density at radius 3 is 2.75 bits per heavy atom. The molecule has 0 saturated heterocycles. The van der Waals surface area contributed by atoms with Crippen LogP contribution in [-0.2, 0) is 6.54 Å². The summed E-state index contributed by atoms with van der Waals surface area (Å²) in [5, 5.41) is 3.82. The number of nitrogens with one attached hydrogen (secondary N) is 1. The first-order valence-electron chi connectivity index (χ1n) is 5.17. The fraction of sp³-hybridized carbons (Fsp3) is 0.333. The molecule has 1 N–H and O–H groups in total. The molecule has 2 aromatic rings. The Bertz CT molecular complexity index is 505. The third kappa shape index (κ3) is 1.93. The zero-order valence-electron chi connectivity index (χ0n) is 9.18. The van der Waals surface area contributed by atoms with Crippen molar-refractivity contribution in [1.29, 1.82) is 0 Å². The molecular weight excluding hydrogens is 212 g/mol. The Balaban J connectivity index is 2.38. The van der Waals surface area contributed by atoms with E-state index < -0.39 is 11.6 Å². The van der Waals surface area contributed by atoms with Gasteiger partial charge in [0.1, 0.15) is 0 Å². The van der Waals surface area contributed by atoms with Crippen molar-refractivity contribution in [2.45, 2.75) is 26.4 Å². The molecule has 0 bridgehead atoms. The molecule has 0 saturated carbocycles. The number of halogens is 2. The maximum atomic E-state index is 13.3. The van der Waals surface area contributed by atoms with Crippen molar-refractivity contribution in [2.75, 3.05) is 0 Å². The van der Waals surface area contributed by atoms with Crippen LogP contribution in [0.25, 0.3) is 11.0 Å². The van der Waals surface area contributed by atoms with Crippen molar-refractivity contribution in [1.82, 2.24) is 5.32 Å². The highest BCUT2D eigenvalue weighted by molar-refractivity contribution is 5.81. The van der Waals surface area contributed by atoms with E-state index in [1.54, 1.807) is 0 Å². The normalized spacial score (nSPS) is 11.6. The van der Waals surface area contributed by atoms with E-state index in [1.807, 2.05) is 13.8 Å². The molecule has 0 spiro atoms. The lowest BCUT2D eigenvalue weighted by Gasteiger charge is -2.05. The summed E-state index contributed by atoms with van der Waals surface area (Å²) < 4.78 is 31.3. The molecular formula is C12H13F2NO. The second kappa shape index (κ2) is 4.22. The highest BCUT2D eigenvalue weighted by atomic mass is 19.2. The predicted molar refractivity (Wildman–Crippen MR) is 58.1 cm³/mol. The van der Waals surface area contributed by atoms with Gasteiger partial charge in [-0.1, -0.05) is 13.8 Å². The molecule has 2 rings (SSSR count). The molecule has 0 unspecified atom stereocenters. The average Bonchev–Trinajstić information content (AvgIpc) is 2.64. The lowest BCUT2D eigenvalue weighted by atomic mass is 10.1. The molecule has 0 aliphatic heterocycles. The summed E-state index contributed by atoms with van der Waals surface area (Å²) in [6, 6.07) is 2.98. The summed E-state index contributed by atoms with van der Waals surface area (Å²) in [4.78, 5) is 0. The van der Waals surface area contributed by atoms with Crippen LogP contribution in [0.2, 0.25) is 0 Å². The fourth-order valence-corrected chi connectivity index (χ4v) is 1.54. The topological polar surface area (TPSA) is 25.2 Å². The molecule has 1 aromatic heterocycles. The first kappa shape index (κ1) is 11.1. The zero-order valence-corrected chi connectivity index (χ0v) is 9.18. The molecule has 0 aliphatic carbocycles. The smallest absolute Gasteiger partial charge is 0.201 e. The van der Waals surface area contributed by atoms with Crippen molar-refractivity contribution >= 4 is 11.0 Å². The van der Waals surface area contributed by atoms with Crippen LogP contribution in [0.3, 0.4) is 0 Å². The summed E-state index contributed by atoms with van der Waals surface area (Å²) in [7, 11) is 0. The van der Waals surface area contributed by atoms with Crippen LogP contribution in [0.15, 0.2) is 22.8 Å². The van der Waals surface area contributed by atoms with Gasteiger partial charge >= 0.3 is 0 Å². The fourth-order valence-electron chi connectivity index (χ4n) is 1.54. The Labute approximate surface area is 92.2 Å². The standard InChI is InChI=1S/C12H13F2NO/c1-7(2)15-5-8-6-16-12-9(8)3-4-10(13)11(12)14/h3-4,6-7,15H,5H2,1-2H3. The van der Waals surface area contributed by atoms with Gasteiger partial charge in [0.25, 0.3) is 0 Å². The number of hydrogen-bond donors (Lipinski definition) is 1. The maximum Gasteiger partial charge on any atom is 0.201 e. The number of hydrogen-bond acceptors (Lipinski definition) is 2. The van der Waals surface area contributed by atoms with Crippen molar-refractivity contribution in [3.63, 3.8) is 0 Å². The third-order valence-corrected chi connectivity index (χ3v) is 2.42. The Kier molecular flexibility index (Phi) is 2.92. The van der Waals surface area contributed by atoms with E-state index in [0.29, 0.717) is 18.0 Å². The minimum atomic E-state index is -0.923. The number of rotatable bonds is 3. The Hall–Kier alpha value is -1.42. The van der Waals surface area contributed by atoms with E-state index in [4.69, 9.17) is 4.42 Å². The monoisotopic (exact) mass is 225 g/mol. The van der Waals surface area contributed by atoms with Gasteiger partial charge < -0.3 is 9.73 Å². The van der Waals surface area contributed by atoms with Gasteiger partial charge in [-0.25, -0.2) is 4.39 Å². The minimum Gasteiger partial charge on any atom is -0.461 e. The van der Waals surface area contributed by atoms with Gasteiger partial charge in [-0.3, -0.25) is 0 Å². The quantitative estimate of drug-likeness (QED) is 0.867. The van der Waals surface area contributed by atoms with E-state index in [2.05, 4.69) is 5.32 Å². The van der Waals surface area contributed by atoms with E-state index in [0.717, 1.165) is 11.6 Å². The summed E-state index contributed by atoms with van der Waals surface area (Å²) in [5.74, 6) is -1.81. The van der Waals surface area contributed by atoms with E-state index in [9.17, 15) is 8.78 Å². The predicted octanol–water partition coefficient (Wildman–Crippen LogP) is 3.21. The largest absolute Gasteiger partial charge is 0.461 e. The van der Waals surface area contributed by atoms with Crippen LogP contribution in [0, 0.1) is 11.6 Å². The molecule has 86 valence electrons.